The monoisotopic (exact) mass is 324 g/mol. The van der Waals surface area contributed by atoms with Crippen molar-refractivity contribution in [3.05, 3.63) is 58.6 Å². The number of hydrogen-bond donors (Lipinski definition) is 0. The highest BCUT2D eigenvalue weighted by molar-refractivity contribution is 6.34. The molecule has 0 bridgehead atoms. The highest BCUT2D eigenvalue weighted by atomic mass is 35.5. The van der Waals surface area contributed by atoms with Crippen molar-refractivity contribution in [3.8, 4) is 11.5 Å². The average molecular weight is 325 g/mol. The number of rotatable bonds is 5. The summed E-state index contributed by atoms with van der Waals surface area (Å²) in [6.07, 6.45) is 0. The highest BCUT2D eigenvalue weighted by Gasteiger charge is 2.24. The maximum Gasteiger partial charge on any atom is 0.145 e. The van der Waals surface area contributed by atoms with Crippen molar-refractivity contribution in [2.45, 2.75) is 18.2 Å². The summed E-state index contributed by atoms with van der Waals surface area (Å²) in [6, 6.07) is 13.9. The zero-order valence-electron chi connectivity index (χ0n) is 12.3. The van der Waals surface area contributed by atoms with E-state index in [0.29, 0.717) is 16.5 Å². The Hall–Kier alpha value is -1.38. The van der Waals surface area contributed by atoms with Crippen LogP contribution in [0.4, 0.5) is 0 Å². The molecule has 0 spiro atoms. The van der Waals surface area contributed by atoms with Crippen molar-refractivity contribution < 1.29 is 9.47 Å². The van der Waals surface area contributed by atoms with Crippen LogP contribution in [-0.2, 0) is 0 Å². The minimum Gasteiger partial charge on any atom is -0.495 e. The van der Waals surface area contributed by atoms with Gasteiger partial charge in [0.2, 0.25) is 0 Å². The second-order valence-electron chi connectivity index (χ2n) is 4.81. The van der Waals surface area contributed by atoms with Gasteiger partial charge in [-0.3, -0.25) is 0 Å². The van der Waals surface area contributed by atoms with E-state index in [4.69, 9.17) is 32.7 Å². The van der Waals surface area contributed by atoms with Crippen molar-refractivity contribution in [2.24, 2.45) is 0 Å². The third kappa shape index (κ3) is 3.28. The molecule has 2 rings (SSSR count). The molecule has 21 heavy (non-hydrogen) atoms. The van der Waals surface area contributed by atoms with Crippen LogP contribution in [0.15, 0.2) is 42.5 Å². The summed E-state index contributed by atoms with van der Waals surface area (Å²) in [4.78, 5) is 0. The topological polar surface area (TPSA) is 18.5 Å². The molecule has 112 valence electrons. The summed E-state index contributed by atoms with van der Waals surface area (Å²) >= 11 is 13.0. The lowest BCUT2D eigenvalue weighted by Crippen LogP contribution is -2.05. The van der Waals surface area contributed by atoms with Gasteiger partial charge in [-0.05, 0) is 11.6 Å². The van der Waals surface area contributed by atoms with Crippen LogP contribution in [0.3, 0.4) is 0 Å². The summed E-state index contributed by atoms with van der Waals surface area (Å²) in [7, 11) is 3.16. The SMILES string of the molecule is COc1ccc(C(Cl)C(C)c2ccccc2)c(OC)c1Cl. The fourth-order valence-corrected chi connectivity index (χ4v) is 2.97. The van der Waals surface area contributed by atoms with Gasteiger partial charge < -0.3 is 9.47 Å². The van der Waals surface area contributed by atoms with Crippen molar-refractivity contribution >= 4 is 23.2 Å². The van der Waals surface area contributed by atoms with Gasteiger partial charge in [-0.25, -0.2) is 0 Å². The van der Waals surface area contributed by atoms with E-state index in [0.717, 1.165) is 5.56 Å². The summed E-state index contributed by atoms with van der Waals surface area (Å²) < 4.78 is 10.6. The molecule has 2 unspecified atom stereocenters. The average Bonchev–Trinajstić information content (AvgIpc) is 2.54. The van der Waals surface area contributed by atoms with E-state index in [1.807, 2.05) is 30.3 Å². The molecule has 0 saturated carbocycles. The first-order valence-electron chi connectivity index (χ1n) is 6.69. The van der Waals surface area contributed by atoms with E-state index in [2.05, 4.69) is 19.1 Å². The van der Waals surface area contributed by atoms with Crippen LogP contribution in [0.25, 0.3) is 0 Å². The Balaban J connectivity index is 2.39. The molecule has 2 nitrogen and oxygen atoms in total. The molecule has 0 heterocycles. The van der Waals surface area contributed by atoms with E-state index in [1.54, 1.807) is 14.2 Å². The van der Waals surface area contributed by atoms with Gasteiger partial charge in [0, 0.05) is 11.5 Å². The molecule has 0 radical (unpaired) electrons. The first-order valence-corrected chi connectivity index (χ1v) is 7.51. The Morgan fingerprint density at radius 1 is 0.952 bits per heavy atom. The third-order valence-electron chi connectivity index (χ3n) is 3.58. The minimum absolute atomic E-state index is 0.131. The summed E-state index contributed by atoms with van der Waals surface area (Å²) in [6.45, 7) is 2.09. The Labute approximate surface area is 135 Å². The highest BCUT2D eigenvalue weighted by Crippen LogP contribution is 2.45. The first-order chi connectivity index (χ1) is 10.1. The molecule has 0 aliphatic heterocycles. The minimum atomic E-state index is -0.245. The maximum absolute atomic E-state index is 6.66. The van der Waals surface area contributed by atoms with Crippen LogP contribution in [0.5, 0.6) is 11.5 Å². The smallest absolute Gasteiger partial charge is 0.145 e. The molecule has 0 fully saturated rings. The molecule has 0 aliphatic rings. The Kier molecular flexibility index (Phi) is 5.38. The van der Waals surface area contributed by atoms with Gasteiger partial charge in [0.1, 0.15) is 16.5 Å². The van der Waals surface area contributed by atoms with E-state index >= 15 is 0 Å². The van der Waals surface area contributed by atoms with Gasteiger partial charge in [-0.1, -0.05) is 54.9 Å². The zero-order valence-corrected chi connectivity index (χ0v) is 13.8. The van der Waals surface area contributed by atoms with Crippen molar-refractivity contribution in [3.63, 3.8) is 0 Å². The molecule has 2 aromatic rings. The lowest BCUT2D eigenvalue weighted by atomic mass is 9.92. The number of hydrogen-bond acceptors (Lipinski definition) is 2. The molecular weight excluding hydrogens is 307 g/mol. The number of alkyl halides is 1. The quantitative estimate of drug-likeness (QED) is 0.681. The normalized spacial score (nSPS) is 13.6. The van der Waals surface area contributed by atoms with Crippen LogP contribution < -0.4 is 9.47 Å². The van der Waals surface area contributed by atoms with E-state index in [1.165, 1.54) is 5.56 Å². The largest absolute Gasteiger partial charge is 0.495 e. The summed E-state index contributed by atoms with van der Waals surface area (Å²) in [5.74, 6) is 1.28. The lowest BCUT2D eigenvalue weighted by Gasteiger charge is -2.22. The molecule has 0 N–H and O–H groups in total. The van der Waals surface area contributed by atoms with Gasteiger partial charge in [0.15, 0.2) is 0 Å². The van der Waals surface area contributed by atoms with Crippen LogP contribution in [0, 0.1) is 0 Å². The van der Waals surface area contributed by atoms with Crippen molar-refractivity contribution in [1.82, 2.24) is 0 Å². The number of methoxy groups -OCH3 is 2. The second-order valence-corrected chi connectivity index (χ2v) is 5.65. The van der Waals surface area contributed by atoms with Crippen molar-refractivity contribution in [1.29, 1.82) is 0 Å². The van der Waals surface area contributed by atoms with Gasteiger partial charge in [-0.15, -0.1) is 11.6 Å². The third-order valence-corrected chi connectivity index (χ3v) is 4.55. The van der Waals surface area contributed by atoms with E-state index in [9.17, 15) is 0 Å². The Bertz CT molecular complexity index is 599. The zero-order chi connectivity index (χ0) is 15.4. The van der Waals surface area contributed by atoms with E-state index in [-0.39, 0.29) is 11.3 Å². The molecule has 0 aliphatic carbocycles. The molecule has 0 amide bonds. The standard InChI is InChI=1S/C17H18Cl2O2/c1-11(12-7-5-4-6-8-12)15(18)13-9-10-14(20-2)16(19)17(13)21-3/h4-11,15H,1-3H3. The number of ether oxygens (including phenoxy) is 2. The first kappa shape index (κ1) is 16.0. The predicted octanol–water partition coefficient (Wildman–Crippen LogP) is 5.44. The fourth-order valence-electron chi connectivity index (χ4n) is 2.33. The Morgan fingerprint density at radius 3 is 2.19 bits per heavy atom. The molecular formula is C17H18Cl2O2. The van der Waals surface area contributed by atoms with Crippen LogP contribution >= 0.6 is 23.2 Å². The number of halogens is 2. The molecule has 2 atom stereocenters. The van der Waals surface area contributed by atoms with Gasteiger partial charge >= 0.3 is 0 Å². The van der Waals surface area contributed by atoms with E-state index < -0.39 is 0 Å². The van der Waals surface area contributed by atoms with Crippen LogP contribution in [0.2, 0.25) is 5.02 Å². The predicted molar refractivity (Wildman–Crippen MR) is 88.0 cm³/mol. The molecule has 0 aromatic heterocycles. The summed E-state index contributed by atoms with van der Waals surface area (Å²) in [5, 5.41) is 0.203. The molecule has 4 heteroatoms. The second kappa shape index (κ2) is 7.06. The number of benzene rings is 2. The van der Waals surface area contributed by atoms with Crippen LogP contribution in [0.1, 0.15) is 29.3 Å². The van der Waals surface area contributed by atoms with Gasteiger partial charge in [0.25, 0.3) is 0 Å². The fraction of sp³-hybridized carbons (Fsp3) is 0.294. The molecule has 2 aromatic carbocycles. The van der Waals surface area contributed by atoms with Crippen molar-refractivity contribution in [2.75, 3.05) is 14.2 Å². The molecule has 0 saturated heterocycles. The Morgan fingerprint density at radius 2 is 1.62 bits per heavy atom. The summed E-state index contributed by atoms with van der Waals surface area (Å²) in [5.41, 5.74) is 2.04. The van der Waals surface area contributed by atoms with Gasteiger partial charge in [0.05, 0.1) is 19.6 Å². The van der Waals surface area contributed by atoms with Gasteiger partial charge in [-0.2, -0.15) is 0 Å². The van der Waals surface area contributed by atoms with Crippen LogP contribution in [-0.4, -0.2) is 14.2 Å². The lowest BCUT2D eigenvalue weighted by molar-refractivity contribution is 0.390. The maximum atomic E-state index is 6.66.